The fourth-order valence-electron chi connectivity index (χ4n) is 2.19. The van der Waals surface area contributed by atoms with E-state index >= 15 is 0 Å². The Morgan fingerprint density at radius 3 is 2.54 bits per heavy atom. The van der Waals surface area contributed by atoms with Crippen LogP contribution in [0.25, 0.3) is 0 Å². The molecule has 0 atom stereocenters. The van der Waals surface area contributed by atoms with Crippen LogP contribution in [0.4, 0.5) is 0 Å². The Hall–Kier alpha value is -0.150. The average Bonchev–Trinajstić information content (AvgIpc) is 2.73. The van der Waals surface area contributed by atoms with Crippen LogP contribution in [0.1, 0.15) is 44.0 Å². The van der Waals surface area contributed by atoms with E-state index in [2.05, 4.69) is 17.1 Å². The van der Waals surface area contributed by atoms with E-state index < -0.39 is 0 Å². The van der Waals surface area contributed by atoms with Crippen LogP contribution in [0.5, 0.6) is 0 Å². The summed E-state index contributed by atoms with van der Waals surface area (Å²) in [6.07, 6.45) is 6.33. The zero-order valence-electron chi connectivity index (χ0n) is 7.72. The largest absolute Gasteiger partial charge is 0.207 e. The van der Waals surface area contributed by atoms with Crippen molar-refractivity contribution in [3.05, 3.63) is 9.47 Å². The lowest BCUT2D eigenvalue weighted by molar-refractivity contribution is 0.419. The third kappa shape index (κ3) is 1.59. The third-order valence-corrected chi connectivity index (χ3v) is 4.36. The summed E-state index contributed by atoms with van der Waals surface area (Å²) < 4.78 is 0.578. The van der Waals surface area contributed by atoms with Gasteiger partial charge in [-0.3, -0.25) is 0 Å². The van der Waals surface area contributed by atoms with E-state index in [4.69, 9.17) is 11.6 Å². The Labute approximate surface area is 87.3 Å². The van der Waals surface area contributed by atoms with Gasteiger partial charge in [0, 0.05) is 5.41 Å². The normalized spacial score (nSPS) is 20.8. The first-order valence-electron chi connectivity index (χ1n) is 4.76. The van der Waals surface area contributed by atoms with E-state index in [1.807, 2.05) is 0 Å². The molecule has 1 saturated carbocycles. The lowest BCUT2D eigenvalue weighted by atomic mass is 9.84. The first-order chi connectivity index (χ1) is 6.27. The first kappa shape index (κ1) is 9.41. The van der Waals surface area contributed by atoms with E-state index in [9.17, 15) is 0 Å². The molecule has 72 valence electrons. The van der Waals surface area contributed by atoms with Gasteiger partial charge in [0.25, 0.3) is 0 Å². The maximum atomic E-state index is 5.80. The molecule has 13 heavy (non-hydrogen) atoms. The van der Waals surface area contributed by atoms with Gasteiger partial charge in [0.1, 0.15) is 5.01 Å². The summed E-state index contributed by atoms with van der Waals surface area (Å²) in [4.78, 5) is 0. The molecule has 0 unspecified atom stereocenters. The molecule has 0 N–H and O–H groups in total. The molecule has 0 spiro atoms. The Balaban J connectivity index is 2.30. The molecule has 0 aromatic carbocycles. The molecule has 1 aliphatic rings. The highest BCUT2D eigenvalue weighted by atomic mass is 35.5. The second-order valence-corrected chi connectivity index (χ2v) is 5.26. The molecule has 0 aliphatic heterocycles. The molecule has 2 nitrogen and oxygen atoms in total. The van der Waals surface area contributed by atoms with Crippen LogP contribution in [-0.4, -0.2) is 10.2 Å². The predicted molar refractivity (Wildman–Crippen MR) is 55.4 cm³/mol. The van der Waals surface area contributed by atoms with Gasteiger partial charge in [-0.2, -0.15) is 0 Å². The smallest absolute Gasteiger partial charge is 0.142 e. The zero-order valence-corrected chi connectivity index (χ0v) is 9.29. The van der Waals surface area contributed by atoms with Gasteiger partial charge >= 0.3 is 0 Å². The number of rotatable bonds is 2. The van der Waals surface area contributed by atoms with E-state index in [0.29, 0.717) is 9.88 Å². The molecule has 1 aliphatic carbocycles. The molecule has 1 aromatic heterocycles. The van der Waals surface area contributed by atoms with Crippen molar-refractivity contribution in [1.29, 1.82) is 0 Å². The van der Waals surface area contributed by atoms with Crippen molar-refractivity contribution in [1.82, 2.24) is 10.2 Å². The van der Waals surface area contributed by atoms with Crippen LogP contribution in [0.15, 0.2) is 0 Å². The lowest BCUT2D eigenvalue weighted by Gasteiger charge is -2.23. The third-order valence-electron chi connectivity index (χ3n) is 3.09. The minimum absolute atomic E-state index is 0.310. The van der Waals surface area contributed by atoms with Gasteiger partial charge in [-0.15, -0.1) is 10.2 Å². The van der Waals surface area contributed by atoms with Gasteiger partial charge < -0.3 is 0 Å². The molecular formula is C9H13ClN2S. The number of aromatic nitrogens is 2. The summed E-state index contributed by atoms with van der Waals surface area (Å²) in [7, 11) is 0. The molecule has 1 fully saturated rings. The summed E-state index contributed by atoms with van der Waals surface area (Å²) in [5.74, 6) is 0. The van der Waals surface area contributed by atoms with E-state index in [1.165, 1.54) is 32.1 Å². The second kappa shape index (κ2) is 3.54. The molecule has 0 radical (unpaired) electrons. The SMILES string of the molecule is CCC1(c2nnc(Cl)s2)CCCC1. The molecule has 0 saturated heterocycles. The summed E-state index contributed by atoms with van der Waals surface area (Å²) in [6.45, 7) is 2.24. The van der Waals surface area contributed by atoms with Crippen molar-refractivity contribution in [2.75, 3.05) is 0 Å². The minimum Gasteiger partial charge on any atom is -0.142 e. The standard InChI is InChI=1S/C9H13ClN2S/c1-2-9(5-3-4-6-9)7-11-12-8(10)13-7/h2-6H2,1H3. The molecule has 1 heterocycles. The van der Waals surface area contributed by atoms with Gasteiger partial charge in [-0.1, -0.05) is 31.1 Å². The lowest BCUT2D eigenvalue weighted by Crippen LogP contribution is -2.20. The molecular weight excluding hydrogens is 204 g/mol. The van der Waals surface area contributed by atoms with Gasteiger partial charge in [-0.25, -0.2) is 0 Å². The highest BCUT2D eigenvalue weighted by Gasteiger charge is 2.36. The van der Waals surface area contributed by atoms with Gasteiger partial charge in [0.2, 0.25) is 4.47 Å². The van der Waals surface area contributed by atoms with Crippen molar-refractivity contribution in [3.8, 4) is 0 Å². The fraction of sp³-hybridized carbons (Fsp3) is 0.778. The van der Waals surface area contributed by atoms with Crippen LogP contribution in [0, 0.1) is 0 Å². The summed E-state index contributed by atoms with van der Waals surface area (Å²) in [6, 6.07) is 0. The summed E-state index contributed by atoms with van der Waals surface area (Å²) in [5, 5.41) is 9.22. The van der Waals surface area contributed by atoms with Gasteiger partial charge in [0.15, 0.2) is 0 Å². The Kier molecular flexibility index (Phi) is 2.56. The van der Waals surface area contributed by atoms with Gasteiger partial charge in [-0.05, 0) is 30.9 Å². The second-order valence-electron chi connectivity index (χ2n) is 3.70. The highest BCUT2D eigenvalue weighted by Crippen LogP contribution is 2.44. The van der Waals surface area contributed by atoms with Crippen molar-refractivity contribution >= 4 is 22.9 Å². The summed E-state index contributed by atoms with van der Waals surface area (Å²) in [5.41, 5.74) is 0.310. The van der Waals surface area contributed by atoms with Crippen LogP contribution in [0.2, 0.25) is 4.47 Å². The van der Waals surface area contributed by atoms with E-state index in [-0.39, 0.29) is 0 Å². The number of halogens is 1. The monoisotopic (exact) mass is 216 g/mol. The van der Waals surface area contributed by atoms with Crippen molar-refractivity contribution in [3.63, 3.8) is 0 Å². The van der Waals surface area contributed by atoms with Gasteiger partial charge in [0.05, 0.1) is 0 Å². The summed E-state index contributed by atoms with van der Waals surface area (Å²) >= 11 is 7.35. The molecule has 4 heteroatoms. The number of nitrogens with zero attached hydrogens (tertiary/aromatic N) is 2. The number of hydrogen-bond donors (Lipinski definition) is 0. The Morgan fingerprint density at radius 1 is 1.38 bits per heavy atom. The molecule has 2 rings (SSSR count). The topological polar surface area (TPSA) is 25.8 Å². The van der Waals surface area contributed by atoms with Crippen molar-refractivity contribution < 1.29 is 0 Å². The van der Waals surface area contributed by atoms with E-state index in [1.54, 1.807) is 11.3 Å². The molecule has 0 bridgehead atoms. The maximum absolute atomic E-state index is 5.80. The number of hydrogen-bond acceptors (Lipinski definition) is 3. The molecule has 0 amide bonds. The fourth-order valence-corrected chi connectivity index (χ4v) is 3.33. The van der Waals surface area contributed by atoms with Crippen LogP contribution < -0.4 is 0 Å². The van der Waals surface area contributed by atoms with Crippen LogP contribution >= 0.6 is 22.9 Å². The average molecular weight is 217 g/mol. The Bertz CT molecular complexity index is 292. The predicted octanol–water partition coefficient (Wildman–Crippen LogP) is 3.41. The van der Waals surface area contributed by atoms with Crippen LogP contribution in [-0.2, 0) is 5.41 Å². The van der Waals surface area contributed by atoms with Crippen molar-refractivity contribution in [2.24, 2.45) is 0 Å². The van der Waals surface area contributed by atoms with E-state index in [0.717, 1.165) is 5.01 Å². The minimum atomic E-state index is 0.310. The van der Waals surface area contributed by atoms with Crippen molar-refractivity contribution in [2.45, 2.75) is 44.4 Å². The molecule has 1 aromatic rings. The quantitative estimate of drug-likeness (QED) is 0.757. The highest BCUT2D eigenvalue weighted by molar-refractivity contribution is 7.15. The maximum Gasteiger partial charge on any atom is 0.207 e. The van der Waals surface area contributed by atoms with Crippen LogP contribution in [0.3, 0.4) is 0 Å². The first-order valence-corrected chi connectivity index (χ1v) is 5.96. The Morgan fingerprint density at radius 2 is 2.08 bits per heavy atom. The zero-order chi connectivity index (χ0) is 9.31.